The Morgan fingerprint density at radius 1 is 1.06 bits per heavy atom. The molecule has 2 aromatic heterocycles. The fourth-order valence-electron chi connectivity index (χ4n) is 3.58. The number of aryl methyl sites for hydroxylation is 1. The fourth-order valence-corrected chi connectivity index (χ4v) is 4.43. The van der Waals surface area contributed by atoms with Crippen molar-refractivity contribution in [1.29, 1.82) is 0 Å². The molecule has 1 aliphatic heterocycles. The van der Waals surface area contributed by atoms with Crippen molar-refractivity contribution in [3.63, 3.8) is 0 Å². The quantitative estimate of drug-likeness (QED) is 0.395. The summed E-state index contributed by atoms with van der Waals surface area (Å²) >= 11 is 1.60. The molecule has 3 amide bonds. The van der Waals surface area contributed by atoms with E-state index in [2.05, 4.69) is 15.3 Å². The highest BCUT2D eigenvalue weighted by molar-refractivity contribution is 7.09. The first-order chi connectivity index (χ1) is 15.6. The van der Waals surface area contributed by atoms with E-state index in [1.54, 1.807) is 35.9 Å². The van der Waals surface area contributed by atoms with E-state index in [0.29, 0.717) is 29.8 Å². The molecule has 0 unspecified atom stereocenters. The van der Waals surface area contributed by atoms with Crippen molar-refractivity contribution in [2.45, 2.75) is 32.6 Å². The van der Waals surface area contributed by atoms with Crippen LogP contribution in [0, 0.1) is 0 Å². The predicted molar refractivity (Wildman–Crippen MR) is 123 cm³/mol. The van der Waals surface area contributed by atoms with Crippen molar-refractivity contribution in [2.75, 3.05) is 13.1 Å². The lowest BCUT2D eigenvalue weighted by molar-refractivity contribution is 0.0652. The number of amides is 3. The fraction of sp³-hybridized carbons (Fsp3) is 0.292. The molecule has 32 heavy (non-hydrogen) atoms. The average Bonchev–Trinajstić information content (AvgIpc) is 3.39. The molecule has 0 spiro atoms. The highest BCUT2D eigenvalue weighted by atomic mass is 32.1. The molecule has 1 aromatic carbocycles. The third-order valence-electron chi connectivity index (χ3n) is 5.35. The van der Waals surface area contributed by atoms with E-state index in [0.717, 1.165) is 41.9 Å². The second-order valence-corrected chi connectivity index (χ2v) is 8.54. The molecule has 0 aliphatic carbocycles. The summed E-state index contributed by atoms with van der Waals surface area (Å²) in [4.78, 5) is 47.5. The van der Waals surface area contributed by atoms with Gasteiger partial charge in [-0.25, -0.2) is 4.98 Å². The van der Waals surface area contributed by atoms with Crippen molar-refractivity contribution >= 4 is 29.1 Å². The predicted octanol–water partition coefficient (Wildman–Crippen LogP) is 3.96. The SMILES string of the molecule is CCCCN1C(=O)c2ccc(C(=O)NCCCc3nc(-c4ccncc4)cs3)cc2C1=O. The number of nitrogens with one attached hydrogen (secondary N) is 1. The number of aromatic nitrogens is 2. The zero-order chi connectivity index (χ0) is 22.5. The summed E-state index contributed by atoms with van der Waals surface area (Å²) < 4.78 is 0. The van der Waals surface area contributed by atoms with Gasteiger partial charge < -0.3 is 5.32 Å². The summed E-state index contributed by atoms with van der Waals surface area (Å²) in [6.07, 6.45) is 6.67. The molecule has 0 fully saturated rings. The van der Waals surface area contributed by atoms with Crippen LogP contribution in [0.5, 0.6) is 0 Å². The van der Waals surface area contributed by atoms with Gasteiger partial charge in [-0.1, -0.05) is 13.3 Å². The Balaban J connectivity index is 1.30. The minimum absolute atomic E-state index is 0.253. The third-order valence-corrected chi connectivity index (χ3v) is 6.26. The second kappa shape index (κ2) is 9.82. The molecule has 3 aromatic rings. The van der Waals surface area contributed by atoms with Gasteiger partial charge in [-0.3, -0.25) is 24.3 Å². The topological polar surface area (TPSA) is 92.3 Å². The van der Waals surface area contributed by atoms with Crippen LogP contribution in [0.4, 0.5) is 0 Å². The van der Waals surface area contributed by atoms with E-state index in [4.69, 9.17) is 0 Å². The molecule has 0 saturated heterocycles. The summed E-state index contributed by atoms with van der Waals surface area (Å²) in [5.74, 6) is -0.849. The Labute approximate surface area is 190 Å². The van der Waals surface area contributed by atoms with Gasteiger partial charge in [0.05, 0.1) is 21.8 Å². The molecular weight excluding hydrogens is 424 g/mol. The lowest BCUT2D eigenvalue weighted by Crippen LogP contribution is -2.30. The lowest BCUT2D eigenvalue weighted by atomic mass is 10.1. The number of unbranched alkanes of at least 4 members (excludes halogenated alkanes) is 1. The van der Waals surface area contributed by atoms with Gasteiger partial charge in [-0.05, 0) is 43.2 Å². The molecular formula is C24H24N4O3S. The molecule has 1 aliphatic rings. The molecule has 1 N–H and O–H groups in total. The van der Waals surface area contributed by atoms with Crippen LogP contribution in [-0.2, 0) is 6.42 Å². The zero-order valence-electron chi connectivity index (χ0n) is 17.8. The molecule has 0 radical (unpaired) electrons. The summed E-state index contributed by atoms with van der Waals surface area (Å²) in [5.41, 5.74) is 3.04. The van der Waals surface area contributed by atoms with E-state index in [9.17, 15) is 14.4 Å². The zero-order valence-corrected chi connectivity index (χ0v) is 18.7. The standard InChI is InChI=1S/C24H24N4O3S/c1-2-3-13-28-23(30)18-7-6-17(14-19(18)24(28)31)22(29)26-10-4-5-21-27-20(15-32-21)16-8-11-25-12-9-16/h6-9,11-12,14-15H,2-5,10,13H2,1H3,(H,26,29). The van der Waals surface area contributed by atoms with E-state index < -0.39 is 0 Å². The number of pyridine rings is 1. The molecule has 7 nitrogen and oxygen atoms in total. The minimum Gasteiger partial charge on any atom is -0.352 e. The first-order valence-electron chi connectivity index (χ1n) is 10.7. The molecule has 0 bridgehead atoms. The number of hydrogen-bond acceptors (Lipinski definition) is 6. The number of rotatable bonds is 9. The normalized spacial score (nSPS) is 12.8. The van der Waals surface area contributed by atoms with E-state index in [1.165, 1.54) is 11.0 Å². The first-order valence-corrected chi connectivity index (χ1v) is 11.6. The number of nitrogens with zero attached hydrogens (tertiary/aromatic N) is 3. The highest BCUT2D eigenvalue weighted by Crippen LogP contribution is 2.25. The van der Waals surface area contributed by atoms with Crippen LogP contribution in [0.25, 0.3) is 11.3 Å². The van der Waals surface area contributed by atoms with E-state index >= 15 is 0 Å². The summed E-state index contributed by atoms with van der Waals surface area (Å²) in [6.45, 7) is 2.91. The van der Waals surface area contributed by atoms with Crippen molar-refractivity contribution < 1.29 is 14.4 Å². The van der Waals surface area contributed by atoms with E-state index in [-0.39, 0.29) is 17.7 Å². The minimum atomic E-state index is -0.318. The summed E-state index contributed by atoms with van der Waals surface area (Å²) in [5, 5.41) is 5.93. The average molecular weight is 449 g/mol. The second-order valence-electron chi connectivity index (χ2n) is 7.60. The Kier molecular flexibility index (Phi) is 6.70. The lowest BCUT2D eigenvalue weighted by Gasteiger charge is -2.12. The summed E-state index contributed by atoms with van der Waals surface area (Å²) in [7, 11) is 0. The maximum absolute atomic E-state index is 12.6. The van der Waals surface area contributed by atoms with Gasteiger partial charge >= 0.3 is 0 Å². The Hall–Kier alpha value is -3.39. The van der Waals surface area contributed by atoms with Crippen LogP contribution < -0.4 is 5.32 Å². The largest absolute Gasteiger partial charge is 0.352 e. The van der Waals surface area contributed by atoms with Gasteiger partial charge in [0.15, 0.2) is 0 Å². The summed E-state index contributed by atoms with van der Waals surface area (Å²) in [6, 6.07) is 8.56. The maximum atomic E-state index is 12.6. The van der Waals surface area contributed by atoms with Crippen molar-refractivity contribution in [1.82, 2.24) is 20.2 Å². The van der Waals surface area contributed by atoms with Crippen molar-refractivity contribution in [3.8, 4) is 11.3 Å². The number of carbonyl (C=O) groups is 3. The molecule has 4 rings (SSSR count). The molecule has 3 heterocycles. The van der Waals surface area contributed by atoms with Gasteiger partial charge in [-0.15, -0.1) is 11.3 Å². The first kappa shape index (κ1) is 21.8. The van der Waals surface area contributed by atoms with Gasteiger partial charge in [0.2, 0.25) is 0 Å². The monoisotopic (exact) mass is 448 g/mol. The van der Waals surface area contributed by atoms with Crippen LogP contribution in [0.1, 0.15) is 62.3 Å². The van der Waals surface area contributed by atoms with Crippen LogP contribution in [-0.4, -0.2) is 45.7 Å². The smallest absolute Gasteiger partial charge is 0.261 e. The molecule has 164 valence electrons. The van der Waals surface area contributed by atoms with Gasteiger partial charge in [0.1, 0.15) is 0 Å². The number of imide groups is 1. The van der Waals surface area contributed by atoms with Crippen LogP contribution in [0.2, 0.25) is 0 Å². The highest BCUT2D eigenvalue weighted by Gasteiger charge is 2.35. The third kappa shape index (κ3) is 4.60. The van der Waals surface area contributed by atoms with Crippen molar-refractivity contribution in [3.05, 3.63) is 69.8 Å². The number of fused-ring (bicyclic) bond motifs is 1. The number of carbonyl (C=O) groups excluding carboxylic acids is 3. The number of thiazole rings is 1. The Morgan fingerprint density at radius 3 is 2.62 bits per heavy atom. The number of benzene rings is 1. The Morgan fingerprint density at radius 2 is 1.84 bits per heavy atom. The van der Waals surface area contributed by atoms with Crippen molar-refractivity contribution in [2.24, 2.45) is 0 Å². The van der Waals surface area contributed by atoms with Gasteiger partial charge in [0, 0.05) is 48.4 Å². The number of hydrogen-bond donors (Lipinski definition) is 1. The van der Waals surface area contributed by atoms with Crippen LogP contribution in [0.15, 0.2) is 48.1 Å². The Bertz CT molecular complexity index is 1140. The maximum Gasteiger partial charge on any atom is 0.261 e. The molecule has 0 saturated carbocycles. The molecule has 8 heteroatoms. The van der Waals surface area contributed by atoms with Gasteiger partial charge in [0.25, 0.3) is 17.7 Å². The van der Waals surface area contributed by atoms with Crippen LogP contribution >= 0.6 is 11.3 Å². The molecule has 0 atom stereocenters. The van der Waals surface area contributed by atoms with E-state index in [1.807, 2.05) is 24.4 Å². The van der Waals surface area contributed by atoms with Crippen LogP contribution in [0.3, 0.4) is 0 Å². The van der Waals surface area contributed by atoms with Gasteiger partial charge in [-0.2, -0.15) is 0 Å².